The van der Waals surface area contributed by atoms with Gasteiger partial charge in [-0.3, -0.25) is 0 Å². The molecular weight excluding hydrogens is 298 g/mol. The number of hydrogen-bond donors (Lipinski definition) is 2. The first-order chi connectivity index (χ1) is 11.2. The van der Waals surface area contributed by atoms with Gasteiger partial charge in [-0.05, 0) is 23.8 Å². The molecule has 0 fully saturated rings. The third kappa shape index (κ3) is 4.00. The molecule has 0 atom stereocenters. The second-order valence-electron chi connectivity index (χ2n) is 4.85. The van der Waals surface area contributed by atoms with E-state index in [1.165, 1.54) is 12.1 Å². The Hall–Kier alpha value is -3.02. The van der Waals surface area contributed by atoms with Gasteiger partial charge in [-0.1, -0.05) is 30.3 Å². The maximum Gasteiger partial charge on any atom is 0.229 e. The number of nitrogens with one attached hydrogen (secondary N) is 2. The highest BCUT2D eigenvalue weighted by Gasteiger charge is 2.06. The van der Waals surface area contributed by atoms with Crippen molar-refractivity contribution in [2.45, 2.75) is 6.54 Å². The first-order valence-electron chi connectivity index (χ1n) is 7.03. The highest BCUT2D eigenvalue weighted by atomic mass is 19.1. The van der Waals surface area contributed by atoms with Crippen LogP contribution in [0.5, 0.6) is 0 Å². The molecule has 2 N–H and O–H groups in total. The zero-order chi connectivity index (χ0) is 16.1. The van der Waals surface area contributed by atoms with Gasteiger partial charge >= 0.3 is 0 Å². The summed E-state index contributed by atoms with van der Waals surface area (Å²) in [5.74, 6) is -0.495. The molecule has 0 saturated heterocycles. The SMILES string of the molecule is Fc1ccc(Nc2nccc(NCc3ccccc3)n2)c(F)c1. The minimum Gasteiger partial charge on any atom is -0.366 e. The highest BCUT2D eigenvalue weighted by Crippen LogP contribution is 2.19. The Morgan fingerprint density at radius 1 is 0.957 bits per heavy atom. The van der Waals surface area contributed by atoms with Gasteiger partial charge < -0.3 is 10.6 Å². The van der Waals surface area contributed by atoms with E-state index in [9.17, 15) is 8.78 Å². The maximum atomic E-state index is 13.6. The molecule has 0 radical (unpaired) electrons. The highest BCUT2D eigenvalue weighted by molar-refractivity contribution is 5.55. The molecule has 2 aromatic carbocycles. The standard InChI is InChI=1S/C17H14F2N4/c18-13-6-7-15(14(19)10-13)22-17-20-9-8-16(23-17)21-11-12-4-2-1-3-5-12/h1-10H,11H2,(H2,20,21,22,23). The molecule has 0 spiro atoms. The number of hydrogen-bond acceptors (Lipinski definition) is 4. The molecule has 3 aromatic rings. The predicted molar refractivity (Wildman–Crippen MR) is 85.4 cm³/mol. The van der Waals surface area contributed by atoms with Crippen LogP contribution in [-0.2, 0) is 6.54 Å². The van der Waals surface area contributed by atoms with Crippen LogP contribution >= 0.6 is 0 Å². The Bertz CT molecular complexity index is 794. The summed E-state index contributed by atoms with van der Waals surface area (Å²) in [7, 11) is 0. The molecule has 3 rings (SSSR count). The van der Waals surface area contributed by atoms with E-state index in [-0.39, 0.29) is 11.6 Å². The number of anilines is 3. The summed E-state index contributed by atoms with van der Waals surface area (Å²) in [4.78, 5) is 8.28. The van der Waals surface area contributed by atoms with Crippen molar-refractivity contribution in [1.29, 1.82) is 0 Å². The summed E-state index contributed by atoms with van der Waals surface area (Å²) in [6.45, 7) is 0.613. The van der Waals surface area contributed by atoms with Gasteiger partial charge in [0, 0.05) is 18.8 Å². The Morgan fingerprint density at radius 2 is 1.78 bits per heavy atom. The Labute approximate surface area is 132 Å². The molecule has 0 aliphatic heterocycles. The second-order valence-corrected chi connectivity index (χ2v) is 4.85. The molecule has 1 aromatic heterocycles. The molecule has 1 heterocycles. The van der Waals surface area contributed by atoms with E-state index in [0.717, 1.165) is 11.6 Å². The van der Waals surface area contributed by atoms with Gasteiger partial charge in [0.05, 0.1) is 5.69 Å². The smallest absolute Gasteiger partial charge is 0.229 e. The molecule has 0 aliphatic carbocycles. The fraction of sp³-hybridized carbons (Fsp3) is 0.0588. The lowest BCUT2D eigenvalue weighted by Gasteiger charge is -2.09. The summed E-state index contributed by atoms with van der Waals surface area (Å²) in [6.07, 6.45) is 1.56. The first-order valence-corrected chi connectivity index (χ1v) is 7.03. The van der Waals surface area contributed by atoms with Gasteiger partial charge in [0.1, 0.15) is 17.5 Å². The maximum absolute atomic E-state index is 13.6. The molecule has 0 amide bonds. The fourth-order valence-electron chi connectivity index (χ4n) is 2.02. The van der Waals surface area contributed by atoms with Crippen LogP contribution in [0.3, 0.4) is 0 Å². The molecule has 0 saturated carbocycles. The number of nitrogens with zero attached hydrogens (tertiary/aromatic N) is 2. The van der Waals surface area contributed by atoms with Gasteiger partial charge in [0.2, 0.25) is 5.95 Å². The van der Waals surface area contributed by atoms with Crippen molar-refractivity contribution in [3.05, 3.63) is 78.0 Å². The predicted octanol–water partition coefficient (Wildman–Crippen LogP) is 4.11. The van der Waals surface area contributed by atoms with Crippen LogP contribution in [0.2, 0.25) is 0 Å². The lowest BCUT2D eigenvalue weighted by atomic mass is 10.2. The second kappa shape index (κ2) is 6.83. The number of benzene rings is 2. The Balaban J connectivity index is 1.69. The first kappa shape index (κ1) is 14.9. The normalized spacial score (nSPS) is 10.3. The third-order valence-corrected chi connectivity index (χ3v) is 3.15. The van der Waals surface area contributed by atoms with Gasteiger partial charge in [0.15, 0.2) is 0 Å². The van der Waals surface area contributed by atoms with Crippen molar-refractivity contribution in [3.63, 3.8) is 0 Å². The van der Waals surface area contributed by atoms with E-state index in [1.807, 2.05) is 30.3 Å². The van der Waals surface area contributed by atoms with E-state index in [1.54, 1.807) is 12.3 Å². The topological polar surface area (TPSA) is 49.8 Å². The molecule has 116 valence electrons. The zero-order valence-electron chi connectivity index (χ0n) is 12.1. The van der Waals surface area contributed by atoms with Crippen LogP contribution in [0.25, 0.3) is 0 Å². The van der Waals surface area contributed by atoms with Gasteiger partial charge in [-0.2, -0.15) is 4.98 Å². The van der Waals surface area contributed by atoms with E-state index in [4.69, 9.17) is 0 Å². The van der Waals surface area contributed by atoms with Crippen LogP contribution in [0.1, 0.15) is 5.56 Å². The minimum atomic E-state index is -0.698. The molecular formula is C17H14F2N4. The van der Waals surface area contributed by atoms with Crippen molar-refractivity contribution < 1.29 is 8.78 Å². The van der Waals surface area contributed by atoms with Gasteiger partial charge in [0.25, 0.3) is 0 Å². The van der Waals surface area contributed by atoms with Crippen LogP contribution in [0, 0.1) is 11.6 Å². The average Bonchev–Trinajstić information content (AvgIpc) is 2.57. The summed E-state index contributed by atoms with van der Waals surface area (Å²) in [6, 6.07) is 14.9. The van der Waals surface area contributed by atoms with Crippen LogP contribution in [0.15, 0.2) is 60.8 Å². The van der Waals surface area contributed by atoms with Gasteiger partial charge in [-0.25, -0.2) is 13.8 Å². The number of halogens is 2. The summed E-state index contributed by atoms with van der Waals surface area (Å²) in [5, 5.41) is 5.90. The number of rotatable bonds is 5. The van der Waals surface area contributed by atoms with Crippen LogP contribution < -0.4 is 10.6 Å². The zero-order valence-corrected chi connectivity index (χ0v) is 12.1. The summed E-state index contributed by atoms with van der Waals surface area (Å²) < 4.78 is 26.5. The molecule has 0 bridgehead atoms. The van der Waals surface area contributed by atoms with Crippen LogP contribution in [0.4, 0.5) is 26.2 Å². The van der Waals surface area contributed by atoms with Crippen molar-refractivity contribution in [2.75, 3.05) is 10.6 Å². The van der Waals surface area contributed by atoms with E-state index >= 15 is 0 Å². The Kier molecular flexibility index (Phi) is 4.42. The summed E-state index contributed by atoms with van der Waals surface area (Å²) >= 11 is 0. The largest absolute Gasteiger partial charge is 0.366 e. The molecule has 4 nitrogen and oxygen atoms in total. The van der Waals surface area contributed by atoms with Crippen LogP contribution in [-0.4, -0.2) is 9.97 Å². The van der Waals surface area contributed by atoms with Crippen molar-refractivity contribution in [2.24, 2.45) is 0 Å². The van der Waals surface area contributed by atoms with Gasteiger partial charge in [-0.15, -0.1) is 0 Å². The molecule has 0 unspecified atom stereocenters. The van der Waals surface area contributed by atoms with Crippen molar-refractivity contribution >= 4 is 17.5 Å². The van der Waals surface area contributed by atoms with Crippen molar-refractivity contribution in [1.82, 2.24) is 9.97 Å². The third-order valence-electron chi connectivity index (χ3n) is 3.15. The molecule has 6 heteroatoms. The lowest BCUT2D eigenvalue weighted by molar-refractivity contribution is 0.586. The number of aromatic nitrogens is 2. The fourth-order valence-corrected chi connectivity index (χ4v) is 2.02. The average molecular weight is 312 g/mol. The molecule has 23 heavy (non-hydrogen) atoms. The quantitative estimate of drug-likeness (QED) is 0.744. The van der Waals surface area contributed by atoms with E-state index in [2.05, 4.69) is 20.6 Å². The van der Waals surface area contributed by atoms with Crippen molar-refractivity contribution in [3.8, 4) is 0 Å². The molecule has 0 aliphatic rings. The van der Waals surface area contributed by atoms with E-state index < -0.39 is 11.6 Å². The lowest BCUT2D eigenvalue weighted by Crippen LogP contribution is -2.04. The Morgan fingerprint density at radius 3 is 2.57 bits per heavy atom. The minimum absolute atomic E-state index is 0.117. The summed E-state index contributed by atoms with van der Waals surface area (Å²) in [5.41, 5.74) is 1.23. The van der Waals surface area contributed by atoms with E-state index in [0.29, 0.717) is 12.4 Å². The monoisotopic (exact) mass is 312 g/mol.